The molecule has 0 saturated carbocycles. The van der Waals surface area contributed by atoms with Crippen LogP contribution in [0.1, 0.15) is 5.56 Å². The zero-order valence-corrected chi connectivity index (χ0v) is 14.3. The third kappa shape index (κ3) is 3.02. The van der Waals surface area contributed by atoms with Gasteiger partial charge in [0, 0.05) is 30.7 Å². The minimum absolute atomic E-state index is 0.167. The lowest BCUT2D eigenvalue weighted by Crippen LogP contribution is -2.32. The lowest BCUT2D eigenvalue weighted by molar-refractivity contribution is -0.267. The lowest BCUT2D eigenvalue weighted by Gasteiger charge is -2.18. The van der Waals surface area contributed by atoms with E-state index in [0.29, 0.717) is 9.92 Å². The molecule has 2 aromatic heterocycles. The Morgan fingerprint density at radius 1 is 1.31 bits per heavy atom. The number of anilines is 1. The van der Waals surface area contributed by atoms with Crippen LogP contribution in [0.15, 0.2) is 52.4 Å². The molecule has 0 aliphatic rings. The lowest BCUT2D eigenvalue weighted by atomic mass is 10.2. The molecule has 134 valence electrons. The van der Waals surface area contributed by atoms with Crippen LogP contribution < -0.4 is 21.0 Å². The average Bonchev–Trinajstić information content (AvgIpc) is 2.59. The van der Waals surface area contributed by atoms with Crippen molar-refractivity contribution in [2.45, 2.75) is 6.54 Å². The highest BCUT2D eigenvalue weighted by Crippen LogP contribution is 2.15. The molecule has 1 amide bonds. The summed E-state index contributed by atoms with van der Waals surface area (Å²) in [6.45, 7) is 0.167. The highest BCUT2D eigenvalue weighted by atomic mass is 35.5. The zero-order chi connectivity index (χ0) is 19.0. The van der Waals surface area contributed by atoms with Gasteiger partial charge in [-0.25, -0.2) is 4.79 Å². The second-order valence-electron chi connectivity index (χ2n) is 5.63. The van der Waals surface area contributed by atoms with Crippen LogP contribution in [0.3, 0.4) is 0 Å². The number of aromatic nitrogens is 2. The maximum atomic E-state index is 12.6. The fraction of sp³-hybridized carbons (Fsp3) is 0.118. The zero-order valence-electron chi connectivity index (χ0n) is 13.5. The molecule has 0 aliphatic heterocycles. The van der Waals surface area contributed by atoms with Crippen molar-refractivity contribution in [3.63, 3.8) is 0 Å². The van der Waals surface area contributed by atoms with Gasteiger partial charge in [0.05, 0.1) is 6.54 Å². The Labute approximate surface area is 151 Å². The molecule has 0 radical (unpaired) electrons. The number of benzene rings is 1. The van der Waals surface area contributed by atoms with Gasteiger partial charge in [-0.3, -0.25) is 14.5 Å². The number of hydrogen-bond acceptors (Lipinski definition) is 4. The predicted molar refractivity (Wildman–Crippen MR) is 94.4 cm³/mol. The molecule has 26 heavy (non-hydrogen) atoms. The van der Waals surface area contributed by atoms with E-state index in [9.17, 15) is 19.5 Å². The Hall–Kier alpha value is -3.26. The van der Waals surface area contributed by atoms with Gasteiger partial charge in [0.25, 0.3) is 5.56 Å². The number of nitrogens with zero attached hydrogens (tertiary/aromatic N) is 3. The maximum Gasteiger partial charge on any atom is 0.411 e. The highest BCUT2D eigenvalue weighted by Gasteiger charge is 2.16. The second-order valence-corrected chi connectivity index (χ2v) is 6.07. The monoisotopic (exact) mass is 374 g/mol. The van der Waals surface area contributed by atoms with Gasteiger partial charge in [-0.05, 0) is 23.4 Å². The first-order valence-electron chi connectivity index (χ1n) is 7.46. The van der Waals surface area contributed by atoms with Crippen LogP contribution >= 0.6 is 11.6 Å². The van der Waals surface area contributed by atoms with E-state index in [1.54, 1.807) is 24.3 Å². The summed E-state index contributed by atoms with van der Waals surface area (Å²) < 4.78 is 2.44. The Morgan fingerprint density at radius 3 is 2.69 bits per heavy atom. The molecule has 9 heteroatoms. The van der Waals surface area contributed by atoms with E-state index in [1.165, 1.54) is 17.0 Å². The van der Waals surface area contributed by atoms with Gasteiger partial charge < -0.3 is 19.2 Å². The minimum atomic E-state index is -1.39. The van der Waals surface area contributed by atoms with Crippen LogP contribution in [-0.2, 0) is 6.54 Å². The van der Waals surface area contributed by atoms with Crippen molar-refractivity contribution in [1.29, 1.82) is 0 Å². The number of rotatable bonds is 3. The molecule has 0 atom stereocenters. The number of hydrogen-bond donors (Lipinski definition) is 1. The summed E-state index contributed by atoms with van der Waals surface area (Å²) in [7, 11) is 1.14. The molecule has 0 bridgehead atoms. The fourth-order valence-corrected chi connectivity index (χ4v) is 2.79. The van der Waals surface area contributed by atoms with Gasteiger partial charge in [0.2, 0.25) is 0 Å². The first-order valence-corrected chi connectivity index (χ1v) is 7.84. The Bertz CT molecular complexity index is 1140. The van der Waals surface area contributed by atoms with Crippen LogP contribution in [0.25, 0.3) is 5.52 Å². The molecule has 3 rings (SSSR count). The average molecular weight is 375 g/mol. The van der Waals surface area contributed by atoms with Crippen molar-refractivity contribution in [3.05, 3.63) is 74.0 Å². The fourth-order valence-electron chi connectivity index (χ4n) is 2.58. The summed E-state index contributed by atoms with van der Waals surface area (Å²) in [6.07, 6.45) is 2.63. The van der Waals surface area contributed by atoms with E-state index in [4.69, 9.17) is 16.7 Å². The first kappa shape index (κ1) is 17.6. The molecular weight excluding hydrogens is 362 g/mol. The quantitative estimate of drug-likeness (QED) is 0.744. The molecule has 1 aromatic carbocycles. The van der Waals surface area contributed by atoms with Gasteiger partial charge in [0.15, 0.2) is 5.43 Å². The van der Waals surface area contributed by atoms with Crippen molar-refractivity contribution in [3.8, 4) is 5.75 Å². The van der Waals surface area contributed by atoms with E-state index in [1.807, 2.05) is 0 Å². The molecule has 0 spiro atoms. The van der Waals surface area contributed by atoms with E-state index in [2.05, 4.69) is 0 Å². The smallest absolute Gasteiger partial charge is 0.411 e. The molecule has 1 N–H and O–H groups in total. The Kier molecular flexibility index (Phi) is 4.43. The van der Waals surface area contributed by atoms with Gasteiger partial charge >= 0.3 is 6.09 Å². The highest BCUT2D eigenvalue weighted by molar-refractivity contribution is 6.30. The third-order valence-electron chi connectivity index (χ3n) is 3.93. The normalized spacial score (nSPS) is 10.8. The van der Waals surface area contributed by atoms with E-state index >= 15 is 0 Å². The molecule has 0 unspecified atom stereocenters. The molecule has 3 aromatic rings. The Balaban J connectivity index is 2.17. The van der Waals surface area contributed by atoms with Gasteiger partial charge in [0.1, 0.15) is 11.2 Å². The van der Waals surface area contributed by atoms with Crippen molar-refractivity contribution < 1.29 is 15.0 Å². The topological polar surface area (TPSA) is 107 Å². The minimum Gasteiger partial charge on any atom is -0.868 e. The third-order valence-corrected chi connectivity index (χ3v) is 4.17. The van der Waals surface area contributed by atoms with Crippen LogP contribution in [0.4, 0.5) is 10.5 Å². The van der Waals surface area contributed by atoms with E-state index in [0.717, 1.165) is 23.2 Å². The maximum absolute atomic E-state index is 12.6. The van der Waals surface area contributed by atoms with E-state index < -0.39 is 22.8 Å². The van der Waals surface area contributed by atoms with Crippen molar-refractivity contribution in [2.75, 3.05) is 11.9 Å². The van der Waals surface area contributed by atoms with Gasteiger partial charge in [-0.15, -0.1) is 0 Å². The molecule has 2 heterocycles. The summed E-state index contributed by atoms with van der Waals surface area (Å²) in [4.78, 5) is 36.5. The number of pyridine rings is 1. The molecule has 0 aliphatic carbocycles. The van der Waals surface area contributed by atoms with Crippen LogP contribution in [0, 0.1) is 0 Å². The predicted octanol–water partition coefficient (Wildman–Crippen LogP) is 1.35. The molecular formula is C17H13ClN3O5-. The molecule has 0 saturated heterocycles. The van der Waals surface area contributed by atoms with Crippen LogP contribution in [-0.4, -0.2) is 27.2 Å². The number of fused-ring (bicyclic) bond motifs is 1. The summed E-state index contributed by atoms with van der Waals surface area (Å²) in [5.41, 5.74) is -1.62. The standard InChI is InChI=1S/C17H14ClN3O5/c1-19(17(25)26)12-9-20-5-6-21(8-10-3-2-4-11(18)7-10)16(24)13(20)15(23)14(12)22/h2-7,9,23H,8H2,1H3,(H,25,26)/p-1. The second kappa shape index (κ2) is 6.57. The summed E-state index contributed by atoms with van der Waals surface area (Å²) >= 11 is 5.93. The Morgan fingerprint density at radius 2 is 2.04 bits per heavy atom. The van der Waals surface area contributed by atoms with Crippen molar-refractivity contribution in [2.24, 2.45) is 0 Å². The van der Waals surface area contributed by atoms with Gasteiger partial charge in [-0.2, -0.15) is 0 Å². The summed E-state index contributed by atoms with van der Waals surface area (Å²) in [5.74, 6) is -1.05. The van der Waals surface area contributed by atoms with Crippen molar-refractivity contribution >= 4 is 28.9 Å². The first-order chi connectivity index (χ1) is 12.3. The van der Waals surface area contributed by atoms with E-state index in [-0.39, 0.29) is 17.7 Å². The van der Waals surface area contributed by atoms with Crippen LogP contribution in [0.2, 0.25) is 5.02 Å². The van der Waals surface area contributed by atoms with Crippen molar-refractivity contribution in [1.82, 2.24) is 8.97 Å². The number of carbonyl (C=O) groups is 1. The number of carboxylic acid groups (broad SMARTS) is 1. The summed E-state index contributed by atoms with van der Waals surface area (Å²) in [6, 6.07) is 6.90. The number of halogens is 1. The largest absolute Gasteiger partial charge is 0.868 e. The summed E-state index contributed by atoms with van der Waals surface area (Å²) in [5, 5.41) is 21.9. The van der Waals surface area contributed by atoms with Gasteiger partial charge in [-0.1, -0.05) is 23.7 Å². The van der Waals surface area contributed by atoms with Crippen LogP contribution in [0.5, 0.6) is 5.75 Å². The number of amides is 1. The SMILES string of the molecule is CN(C(=O)O)c1cn2ccn(Cc3cccc(Cl)c3)c(=O)c2c([O-])c1=O. The molecule has 8 nitrogen and oxygen atoms in total. The molecule has 0 fully saturated rings.